The minimum Gasteiger partial charge on any atom is -0.405 e. The van der Waals surface area contributed by atoms with E-state index in [1.807, 2.05) is 6.08 Å². The van der Waals surface area contributed by atoms with Crippen molar-refractivity contribution in [2.45, 2.75) is 0 Å². The largest absolute Gasteiger partial charge is 0.405 e. The maximum Gasteiger partial charge on any atom is 0.0178 e. The van der Waals surface area contributed by atoms with Crippen LogP contribution in [0.5, 0.6) is 0 Å². The van der Waals surface area contributed by atoms with Gasteiger partial charge in [-0.1, -0.05) is 18.7 Å². The van der Waals surface area contributed by atoms with Gasteiger partial charge in [-0.15, -0.1) is 0 Å². The highest BCUT2D eigenvalue weighted by Gasteiger charge is 1.81. The summed E-state index contributed by atoms with van der Waals surface area (Å²) in [7, 11) is 0. The fourth-order valence-electron chi connectivity index (χ4n) is 0.467. The molecule has 0 spiro atoms. The third kappa shape index (κ3) is 3.55. The van der Waals surface area contributed by atoms with Crippen molar-refractivity contribution in [2.24, 2.45) is 11.5 Å². The van der Waals surface area contributed by atoms with E-state index < -0.39 is 0 Å². The fourth-order valence-corrected chi connectivity index (χ4v) is 0.467. The van der Waals surface area contributed by atoms with Crippen molar-refractivity contribution in [3.63, 3.8) is 0 Å². The van der Waals surface area contributed by atoms with Crippen LogP contribution < -0.4 is 11.5 Å². The molecule has 2 nitrogen and oxygen atoms in total. The lowest BCUT2D eigenvalue weighted by Gasteiger charge is -1.91. The summed E-state index contributed by atoms with van der Waals surface area (Å²) in [6, 6.07) is 0. The van der Waals surface area contributed by atoms with E-state index >= 15 is 0 Å². The number of hydrogen-bond acceptors (Lipinski definition) is 2. The normalized spacial score (nSPS) is 12.3. The molecule has 0 rings (SSSR count). The molecule has 9 heavy (non-hydrogen) atoms. The Hall–Kier alpha value is -1.02. The third-order valence-corrected chi connectivity index (χ3v) is 0.878. The Kier molecular flexibility index (Phi) is 4.54. The van der Waals surface area contributed by atoms with Gasteiger partial charge in [0.2, 0.25) is 0 Å². The van der Waals surface area contributed by atoms with Crippen LogP contribution >= 0.6 is 0 Å². The first-order valence-corrected chi connectivity index (χ1v) is 2.75. The average molecular weight is 124 g/mol. The van der Waals surface area contributed by atoms with Crippen molar-refractivity contribution in [1.29, 1.82) is 0 Å². The molecular formula is C7H12N2. The van der Waals surface area contributed by atoms with Crippen molar-refractivity contribution in [1.82, 2.24) is 0 Å². The Bertz CT molecular complexity index is 134. The Morgan fingerprint density at radius 3 is 2.56 bits per heavy atom. The highest BCUT2D eigenvalue weighted by Crippen LogP contribution is 1.91. The first kappa shape index (κ1) is 7.98. The lowest BCUT2D eigenvalue weighted by molar-refractivity contribution is 1.18. The Balaban J connectivity index is 3.96. The minimum absolute atomic E-state index is 0.500. The molecule has 0 amide bonds. The first-order chi connectivity index (χ1) is 4.35. The molecule has 0 aliphatic heterocycles. The SMILES string of the molecule is C=C/C=C(\C=C/N)CN. The predicted octanol–water partition coefficient (Wildman–Crippen LogP) is 0.530. The molecule has 0 atom stereocenters. The van der Waals surface area contributed by atoms with Crippen LogP contribution in [0.15, 0.2) is 36.6 Å². The summed E-state index contributed by atoms with van der Waals surface area (Å²) >= 11 is 0. The van der Waals surface area contributed by atoms with Crippen LogP contribution in [0.2, 0.25) is 0 Å². The summed E-state index contributed by atoms with van der Waals surface area (Å²) in [5.74, 6) is 0. The van der Waals surface area contributed by atoms with Gasteiger partial charge in [-0.25, -0.2) is 0 Å². The zero-order chi connectivity index (χ0) is 7.11. The van der Waals surface area contributed by atoms with Crippen LogP contribution in [0.1, 0.15) is 0 Å². The maximum atomic E-state index is 5.32. The van der Waals surface area contributed by atoms with Gasteiger partial charge in [0, 0.05) is 6.54 Å². The molecule has 0 aliphatic carbocycles. The number of hydrogen-bond donors (Lipinski definition) is 2. The summed E-state index contributed by atoms with van der Waals surface area (Å²) < 4.78 is 0. The average Bonchev–Trinajstić information content (AvgIpc) is 1.88. The molecule has 0 saturated heterocycles. The molecule has 0 aromatic carbocycles. The van der Waals surface area contributed by atoms with Crippen molar-refractivity contribution >= 4 is 0 Å². The van der Waals surface area contributed by atoms with Gasteiger partial charge in [0.05, 0.1) is 0 Å². The van der Waals surface area contributed by atoms with E-state index in [1.54, 1.807) is 12.2 Å². The quantitative estimate of drug-likeness (QED) is 0.539. The molecular weight excluding hydrogens is 112 g/mol. The van der Waals surface area contributed by atoms with E-state index in [0.717, 1.165) is 5.57 Å². The number of allylic oxidation sites excluding steroid dienone is 2. The molecule has 0 radical (unpaired) electrons. The van der Waals surface area contributed by atoms with Crippen LogP contribution in [0.3, 0.4) is 0 Å². The lowest BCUT2D eigenvalue weighted by atomic mass is 10.2. The van der Waals surface area contributed by atoms with Crippen molar-refractivity contribution < 1.29 is 0 Å². The molecule has 0 aliphatic rings. The maximum absolute atomic E-state index is 5.32. The van der Waals surface area contributed by atoms with Gasteiger partial charge >= 0.3 is 0 Å². The second-order valence-corrected chi connectivity index (χ2v) is 1.54. The summed E-state index contributed by atoms with van der Waals surface area (Å²) in [5, 5.41) is 0. The molecule has 0 aromatic rings. The second kappa shape index (κ2) is 5.12. The highest BCUT2D eigenvalue weighted by molar-refractivity contribution is 5.23. The monoisotopic (exact) mass is 124 g/mol. The van der Waals surface area contributed by atoms with E-state index in [-0.39, 0.29) is 0 Å². The molecule has 2 heteroatoms. The van der Waals surface area contributed by atoms with E-state index in [9.17, 15) is 0 Å². The van der Waals surface area contributed by atoms with Crippen molar-refractivity contribution in [2.75, 3.05) is 6.54 Å². The predicted molar refractivity (Wildman–Crippen MR) is 40.7 cm³/mol. The molecule has 0 unspecified atom stereocenters. The lowest BCUT2D eigenvalue weighted by Crippen LogP contribution is -2.00. The van der Waals surface area contributed by atoms with Gasteiger partial charge < -0.3 is 11.5 Å². The third-order valence-electron chi connectivity index (χ3n) is 0.878. The van der Waals surface area contributed by atoms with Gasteiger partial charge in [-0.05, 0) is 17.8 Å². The van der Waals surface area contributed by atoms with E-state index in [0.29, 0.717) is 6.54 Å². The van der Waals surface area contributed by atoms with Crippen LogP contribution in [0, 0.1) is 0 Å². The minimum atomic E-state index is 0.500. The van der Waals surface area contributed by atoms with Gasteiger partial charge in [0.25, 0.3) is 0 Å². The smallest absolute Gasteiger partial charge is 0.0178 e. The number of nitrogens with two attached hydrogens (primary N) is 2. The van der Waals surface area contributed by atoms with Crippen LogP contribution in [0.25, 0.3) is 0 Å². The molecule has 50 valence electrons. The van der Waals surface area contributed by atoms with Crippen molar-refractivity contribution in [3.05, 3.63) is 36.6 Å². The molecule has 4 N–H and O–H groups in total. The van der Waals surface area contributed by atoms with Gasteiger partial charge in [0.15, 0.2) is 0 Å². The second-order valence-electron chi connectivity index (χ2n) is 1.54. The Morgan fingerprint density at radius 2 is 2.22 bits per heavy atom. The van der Waals surface area contributed by atoms with Crippen molar-refractivity contribution in [3.8, 4) is 0 Å². The summed E-state index contributed by atoms with van der Waals surface area (Å²) in [6.07, 6.45) is 6.72. The van der Waals surface area contributed by atoms with Gasteiger partial charge in [0.1, 0.15) is 0 Å². The van der Waals surface area contributed by atoms with Crippen LogP contribution in [-0.2, 0) is 0 Å². The molecule has 0 bridgehead atoms. The van der Waals surface area contributed by atoms with E-state index in [2.05, 4.69) is 6.58 Å². The standard InChI is InChI=1S/C7H12N2/c1-2-3-7(6-9)4-5-8/h2-5H,1,6,8-9H2/b5-4-,7-3+. The number of rotatable bonds is 3. The highest BCUT2D eigenvalue weighted by atomic mass is 14.5. The first-order valence-electron chi connectivity index (χ1n) is 2.75. The Morgan fingerprint density at radius 1 is 1.56 bits per heavy atom. The molecule has 0 saturated carbocycles. The zero-order valence-corrected chi connectivity index (χ0v) is 5.38. The molecule has 0 fully saturated rings. The van der Waals surface area contributed by atoms with E-state index in [4.69, 9.17) is 11.5 Å². The Labute approximate surface area is 55.5 Å². The topological polar surface area (TPSA) is 52.0 Å². The fraction of sp³-hybridized carbons (Fsp3) is 0.143. The summed E-state index contributed by atoms with van der Waals surface area (Å²) in [5.41, 5.74) is 11.4. The molecule has 0 aromatic heterocycles. The van der Waals surface area contributed by atoms with Gasteiger partial charge in [-0.2, -0.15) is 0 Å². The zero-order valence-electron chi connectivity index (χ0n) is 5.38. The van der Waals surface area contributed by atoms with Crippen LogP contribution in [0.4, 0.5) is 0 Å². The van der Waals surface area contributed by atoms with Crippen LogP contribution in [-0.4, -0.2) is 6.54 Å². The summed E-state index contributed by atoms with van der Waals surface area (Å²) in [4.78, 5) is 0. The summed E-state index contributed by atoms with van der Waals surface area (Å²) in [6.45, 7) is 4.02. The van der Waals surface area contributed by atoms with E-state index in [1.165, 1.54) is 6.20 Å². The van der Waals surface area contributed by atoms with Gasteiger partial charge in [-0.3, -0.25) is 0 Å². The molecule has 0 heterocycles.